The van der Waals surface area contributed by atoms with E-state index in [-0.39, 0.29) is 5.56 Å². The van der Waals surface area contributed by atoms with Crippen LogP contribution in [-0.2, 0) is 0 Å². The van der Waals surface area contributed by atoms with Crippen LogP contribution in [0.5, 0.6) is 5.75 Å². The number of fused-ring (bicyclic) bond motifs is 1. The molecular weight excluding hydrogens is 206 g/mol. The Morgan fingerprint density at radius 3 is 2.75 bits per heavy atom. The summed E-state index contributed by atoms with van der Waals surface area (Å²) in [7, 11) is 1.60. The second-order valence-corrected chi connectivity index (χ2v) is 3.54. The Balaban J connectivity index is 2.66. The number of pyridine rings is 1. The SMILES string of the molecule is COc1cc2ncc(C(=O)O)cc2cc1C. The number of nitrogens with zero attached hydrogens (tertiary/aromatic N) is 1. The van der Waals surface area contributed by atoms with Crippen LogP contribution in [0.4, 0.5) is 0 Å². The van der Waals surface area contributed by atoms with E-state index in [9.17, 15) is 4.79 Å². The van der Waals surface area contributed by atoms with Gasteiger partial charge in [-0.25, -0.2) is 4.79 Å². The fourth-order valence-electron chi connectivity index (χ4n) is 1.61. The van der Waals surface area contributed by atoms with Gasteiger partial charge in [0, 0.05) is 17.6 Å². The van der Waals surface area contributed by atoms with E-state index in [0.717, 1.165) is 22.2 Å². The molecule has 1 N–H and O–H groups in total. The first-order valence-corrected chi connectivity index (χ1v) is 4.79. The van der Waals surface area contributed by atoms with Crippen molar-refractivity contribution in [2.75, 3.05) is 7.11 Å². The lowest BCUT2D eigenvalue weighted by molar-refractivity contribution is 0.0696. The van der Waals surface area contributed by atoms with Gasteiger partial charge in [-0.05, 0) is 24.6 Å². The van der Waals surface area contributed by atoms with E-state index in [2.05, 4.69) is 4.98 Å². The highest BCUT2D eigenvalue weighted by Gasteiger charge is 2.07. The van der Waals surface area contributed by atoms with Crippen molar-refractivity contribution >= 4 is 16.9 Å². The summed E-state index contributed by atoms with van der Waals surface area (Å²) in [5, 5.41) is 9.65. The Morgan fingerprint density at radius 1 is 1.38 bits per heavy atom. The molecule has 0 aliphatic carbocycles. The van der Waals surface area contributed by atoms with Crippen molar-refractivity contribution in [2.45, 2.75) is 6.92 Å². The zero-order chi connectivity index (χ0) is 11.7. The van der Waals surface area contributed by atoms with Crippen LogP contribution in [-0.4, -0.2) is 23.2 Å². The molecule has 0 unspecified atom stereocenters. The van der Waals surface area contributed by atoms with Gasteiger partial charge in [-0.3, -0.25) is 4.98 Å². The summed E-state index contributed by atoms with van der Waals surface area (Å²) in [5.41, 5.74) is 1.88. The topological polar surface area (TPSA) is 59.4 Å². The Labute approximate surface area is 92.5 Å². The minimum atomic E-state index is -0.970. The number of aromatic nitrogens is 1. The van der Waals surface area contributed by atoms with E-state index in [0.29, 0.717) is 0 Å². The molecule has 1 heterocycles. The molecule has 0 aliphatic heterocycles. The highest BCUT2D eigenvalue weighted by molar-refractivity contribution is 5.93. The van der Waals surface area contributed by atoms with Gasteiger partial charge in [-0.15, -0.1) is 0 Å². The fraction of sp³-hybridized carbons (Fsp3) is 0.167. The van der Waals surface area contributed by atoms with Gasteiger partial charge >= 0.3 is 5.97 Å². The first-order valence-electron chi connectivity index (χ1n) is 4.79. The number of carboxylic acids is 1. The van der Waals surface area contributed by atoms with Crippen molar-refractivity contribution in [3.63, 3.8) is 0 Å². The Bertz CT molecular complexity index is 563. The number of methoxy groups -OCH3 is 1. The van der Waals surface area contributed by atoms with E-state index in [1.165, 1.54) is 6.20 Å². The largest absolute Gasteiger partial charge is 0.496 e. The first-order chi connectivity index (χ1) is 7.61. The van der Waals surface area contributed by atoms with E-state index in [1.807, 2.05) is 13.0 Å². The quantitative estimate of drug-likeness (QED) is 0.838. The molecule has 0 aliphatic rings. The maximum atomic E-state index is 10.8. The average Bonchev–Trinajstić information content (AvgIpc) is 2.27. The van der Waals surface area contributed by atoms with Crippen LogP contribution >= 0.6 is 0 Å². The number of aryl methyl sites for hydroxylation is 1. The Morgan fingerprint density at radius 2 is 2.12 bits per heavy atom. The van der Waals surface area contributed by atoms with E-state index >= 15 is 0 Å². The predicted molar refractivity (Wildman–Crippen MR) is 60.0 cm³/mol. The van der Waals surface area contributed by atoms with Gasteiger partial charge in [0.05, 0.1) is 18.2 Å². The number of aromatic carboxylic acids is 1. The number of carbonyl (C=O) groups is 1. The van der Waals surface area contributed by atoms with Crippen LogP contribution in [0.15, 0.2) is 24.4 Å². The lowest BCUT2D eigenvalue weighted by Crippen LogP contribution is -1.97. The van der Waals surface area contributed by atoms with Crippen molar-refractivity contribution in [1.29, 1.82) is 0 Å². The molecule has 0 bridgehead atoms. The van der Waals surface area contributed by atoms with Crippen LogP contribution in [0.2, 0.25) is 0 Å². The minimum Gasteiger partial charge on any atom is -0.496 e. The summed E-state index contributed by atoms with van der Waals surface area (Å²) in [5.74, 6) is -0.217. The van der Waals surface area contributed by atoms with Gasteiger partial charge in [-0.2, -0.15) is 0 Å². The maximum Gasteiger partial charge on any atom is 0.337 e. The van der Waals surface area contributed by atoms with Gasteiger partial charge in [0.1, 0.15) is 5.75 Å². The van der Waals surface area contributed by atoms with Crippen LogP contribution in [0.3, 0.4) is 0 Å². The molecule has 0 amide bonds. The molecule has 1 aromatic carbocycles. The minimum absolute atomic E-state index is 0.192. The molecular formula is C12H11NO3. The Kier molecular flexibility index (Phi) is 2.48. The van der Waals surface area contributed by atoms with Gasteiger partial charge < -0.3 is 9.84 Å². The van der Waals surface area contributed by atoms with Crippen LogP contribution in [0.25, 0.3) is 10.9 Å². The second kappa shape index (κ2) is 3.81. The monoisotopic (exact) mass is 217 g/mol. The third-order valence-electron chi connectivity index (χ3n) is 2.44. The predicted octanol–water partition coefficient (Wildman–Crippen LogP) is 2.25. The molecule has 2 rings (SSSR count). The summed E-state index contributed by atoms with van der Waals surface area (Å²) in [6.45, 7) is 1.91. The summed E-state index contributed by atoms with van der Waals surface area (Å²) >= 11 is 0. The molecule has 0 atom stereocenters. The smallest absolute Gasteiger partial charge is 0.337 e. The highest BCUT2D eigenvalue weighted by Crippen LogP contribution is 2.24. The average molecular weight is 217 g/mol. The maximum absolute atomic E-state index is 10.8. The molecule has 0 fully saturated rings. The lowest BCUT2D eigenvalue weighted by atomic mass is 10.1. The van der Waals surface area contributed by atoms with Crippen molar-refractivity contribution in [1.82, 2.24) is 4.98 Å². The number of ether oxygens (including phenoxy) is 1. The molecule has 4 heteroatoms. The third-order valence-corrected chi connectivity index (χ3v) is 2.44. The first kappa shape index (κ1) is 10.4. The van der Waals surface area contributed by atoms with E-state index < -0.39 is 5.97 Å². The van der Waals surface area contributed by atoms with Gasteiger partial charge in [0.15, 0.2) is 0 Å². The molecule has 0 radical (unpaired) electrons. The summed E-state index contributed by atoms with van der Waals surface area (Å²) in [4.78, 5) is 14.9. The van der Waals surface area contributed by atoms with Gasteiger partial charge in [0.25, 0.3) is 0 Å². The van der Waals surface area contributed by atoms with Crippen molar-refractivity contribution in [3.8, 4) is 5.75 Å². The third kappa shape index (κ3) is 1.69. The van der Waals surface area contributed by atoms with Crippen molar-refractivity contribution in [3.05, 3.63) is 35.5 Å². The number of benzene rings is 1. The van der Waals surface area contributed by atoms with Gasteiger partial charge in [0.2, 0.25) is 0 Å². The zero-order valence-corrected chi connectivity index (χ0v) is 9.02. The summed E-state index contributed by atoms with van der Waals surface area (Å²) < 4.78 is 5.17. The molecule has 2 aromatic rings. The van der Waals surface area contributed by atoms with Crippen LogP contribution < -0.4 is 4.74 Å². The lowest BCUT2D eigenvalue weighted by Gasteiger charge is -2.06. The highest BCUT2D eigenvalue weighted by atomic mass is 16.5. The summed E-state index contributed by atoms with van der Waals surface area (Å²) in [6.07, 6.45) is 1.35. The van der Waals surface area contributed by atoms with Gasteiger partial charge in [-0.1, -0.05) is 0 Å². The number of rotatable bonds is 2. The van der Waals surface area contributed by atoms with Crippen molar-refractivity contribution in [2.24, 2.45) is 0 Å². The number of hydrogen-bond acceptors (Lipinski definition) is 3. The van der Waals surface area contributed by atoms with E-state index in [4.69, 9.17) is 9.84 Å². The molecule has 4 nitrogen and oxygen atoms in total. The molecule has 0 saturated carbocycles. The summed E-state index contributed by atoms with van der Waals surface area (Å²) in [6, 6.07) is 5.28. The standard InChI is InChI=1S/C12H11NO3/c1-7-3-8-4-9(12(14)15)6-13-10(8)5-11(7)16-2/h3-6H,1-2H3,(H,14,15). The molecule has 82 valence electrons. The molecule has 0 spiro atoms. The zero-order valence-electron chi connectivity index (χ0n) is 9.02. The normalized spacial score (nSPS) is 10.4. The van der Waals surface area contributed by atoms with Crippen LogP contribution in [0.1, 0.15) is 15.9 Å². The second-order valence-electron chi connectivity index (χ2n) is 3.54. The number of carboxylic acid groups (broad SMARTS) is 1. The number of hydrogen-bond donors (Lipinski definition) is 1. The molecule has 1 aromatic heterocycles. The fourth-order valence-corrected chi connectivity index (χ4v) is 1.61. The molecule has 16 heavy (non-hydrogen) atoms. The molecule has 0 saturated heterocycles. The van der Waals surface area contributed by atoms with E-state index in [1.54, 1.807) is 19.2 Å². The Hall–Kier alpha value is -2.10. The van der Waals surface area contributed by atoms with Crippen LogP contribution in [0, 0.1) is 6.92 Å². The van der Waals surface area contributed by atoms with Crippen molar-refractivity contribution < 1.29 is 14.6 Å².